The van der Waals surface area contributed by atoms with Gasteiger partial charge in [0.2, 0.25) is 11.8 Å². The normalized spacial score (nSPS) is 15.0. The van der Waals surface area contributed by atoms with Gasteiger partial charge in [0.1, 0.15) is 5.82 Å². The Labute approximate surface area is 152 Å². The molecule has 0 atom stereocenters. The number of amides is 1. The van der Waals surface area contributed by atoms with E-state index in [9.17, 15) is 9.18 Å². The molecule has 1 fully saturated rings. The number of nitrogens with one attached hydrogen (secondary N) is 1. The number of anilines is 2. The Balaban J connectivity index is 1.61. The highest BCUT2D eigenvalue weighted by atomic mass is 19.1. The summed E-state index contributed by atoms with van der Waals surface area (Å²) < 4.78 is 19.1. The number of rotatable bonds is 5. The zero-order valence-corrected chi connectivity index (χ0v) is 15.0. The first kappa shape index (κ1) is 18.1. The molecule has 1 N–H and O–H groups in total. The maximum Gasteiger partial charge on any atom is 0.262 e. The zero-order chi connectivity index (χ0) is 18.5. The SMILES string of the molecule is Cc1cc(OCC(=O)Nc2ccccc2F)nc(N2CCC(C)CC2)n1. The van der Waals surface area contributed by atoms with Crippen molar-refractivity contribution in [3.05, 3.63) is 41.8 Å². The second-order valence-corrected chi connectivity index (χ2v) is 6.63. The summed E-state index contributed by atoms with van der Waals surface area (Å²) in [5.41, 5.74) is 0.904. The Morgan fingerprint density at radius 1 is 1.31 bits per heavy atom. The monoisotopic (exact) mass is 358 g/mol. The van der Waals surface area contributed by atoms with Crippen LogP contribution in [-0.2, 0) is 4.79 Å². The summed E-state index contributed by atoms with van der Waals surface area (Å²) >= 11 is 0. The second kappa shape index (κ2) is 8.12. The Morgan fingerprint density at radius 2 is 2.04 bits per heavy atom. The molecule has 1 aliphatic rings. The summed E-state index contributed by atoms with van der Waals surface area (Å²) in [4.78, 5) is 23.0. The molecule has 2 aromatic rings. The van der Waals surface area contributed by atoms with Gasteiger partial charge in [0.15, 0.2) is 6.61 Å². The highest BCUT2D eigenvalue weighted by molar-refractivity contribution is 5.91. The van der Waals surface area contributed by atoms with E-state index in [1.165, 1.54) is 12.1 Å². The van der Waals surface area contributed by atoms with Gasteiger partial charge < -0.3 is 15.0 Å². The summed E-state index contributed by atoms with van der Waals surface area (Å²) in [6.45, 7) is 5.69. The van der Waals surface area contributed by atoms with Crippen LogP contribution in [0.3, 0.4) is 0 Å². The van der Waals surface area contributed by atoms with Gasteiger partial charge in [0, 0.05) is 24.8 Å². The third-order valence-electron chi connectivity index (χ3n) is 4.38. The fraction of sp³-hybridized carbons (Fsp3) is 0.421. The highest BCUT2D eigenvalue weighted by Gasteiger charge is 2.19. The molecule has 1 aliphatic heterocycles. The van der Waals surface area contributed by atoms with Crippen LogP contribution in [0.25, 0.3) is 0 Å². The Hall–Kier alpha value is -2.70. The van der Waals surface area contributed by atoms with Crippen LogP contribution in [0.1, 0.15) is 25.5 Å². The van der Waals surface area contributed by atoms with Gasteiger partial charge in [-0.1, -0.05) is 19.1 Å². The van der Waals surface area contributed by atoms with Crippen molar-refractivity contribution in [3.63, 3.8) is 0 Å². The van der Waals surface area contributed by atoms with Gasteiger partial charge in [-0.3, -0.25) is 4.79 Å². The number of benzene rings is 1. The number of carbonyl (C=O) groups is 1. The van der Waals surface area contributed by atoms with Gasteiger partial charge in [-0.15, -0.1) is 0 Å². The van der Waals surface area contributed by atoms with E-state index in [4.69, 9.17) is 4.74 Å². The summed E-state index contributed by atoms with van der Waals surface area (Å²) in [6.07, 6.45) is 2.22. The minimum Gasteiger partial charge on any atom is -0.467 e. The van der Waals surface area contributed by atoms with E-state index < -0.39 is 11.7 Å². The van der Waals surface area contributed by atoms with Gasteiger partial charge >= 0.3 is 0 Å². The number of aryl methyl sites for hydroxylation is 1. The number of para-hydroxylation sites is 1. The van der Waals surface area contributed by atoms with Crippen LogP contribution in [0, 0.1) is 18.7 Å². The van der Waals surface area contributed by atoms with E-state index in [-0.39, 0.29) is 12.3 Å². The predicted molar refractivity (Wildman–Crippen MR) is 97.9 cm³/mol. The maximum atomic E-state index is 13.6. The van der Waals surface area contributed by atoms with E-state index in [0.717, 1.165) is 31.6 Å². The van der Waals surface area contributed by atoms with Crippen molar-refractivity contribution < 1.29 is 13.9 Å². The summed E-state index contributed by atoms with van der Waals surface area (Å²) in [7, 11) is 0. The van der Waals surface area contributed by atoms with Crippen molar-refractivity contribution in [2.45, 2.75) is 26.7 Å². The number of nitrogens with zero attached hydrogens (tertiary/aromatic N) is 3. The van der Waals surface area contributed by atoms with Crippen LogP contribution < -0.4 is 15.0 Å². The average Bonchev–Trinajstić information content (AvgIpc) is 2.62. The van der Waals surface area contributed by atoms with Crippen molar-refractivity contribution in [1.29, 1.82) is 0 Å². The van der Waals surface area contributed by atoms with E-state index >= 15 is 0 Å². The molecule has 0 spiro atoms. The molecule has 26 heavy (non-hydrogen) atoms. The van der Waals surface area contributed by atoms with Crippen LogP contribution in [0.5, 0.6) is 5.88 Å². The van der Waals surface area contributed by atoms with Gasteiger partial charge in [-0.2, -0.15) is 4.98 Å². The fourth-order valence-corrected chi connectivity index (χ4v) is 2.84. The topological polar surface area (TPSA) is 67.3 Å². The van der Waals surface area contributed by atoms with Crippen molar-refractivity contribution >= 4 is 17.5 Å². The van der Waals surface area contributed by atoms with Gasteiger partial charge in [0.25, 0.3) is 5.91 Å². The second-order valence-electron chi connectivity index (χ2n) is 6.63. The first-order valence-electron chi connectivity index (χ1n) is 8.79. The number of aromatic nitrogens is 2. The number of piperidine rings is 1. The van der Waals surface area contributed by atoms with Gasteiger partial charge in [-0.05, 0) is 37.8 Å². The molecule has 0 saturated carbocycles. The third kappa shape index (κ3) is 4.68. The highest BCUT2D eigenvalue weighted by Crippen LogP contribution is 2.22. The summed E-state index contributed by atoms with van der Waals surface area (Å²) in [5.74, 6) is 0.755. The molecule has 0 bridgehead atoms. The van der Waals surface area contributed by atoms with Crippen LogP contribution in [0.4, 0.5) is 16.0 Å². The Kier molecular flexibility index (Phi) is 5.65. The molecular formula is C19H23FN4O2. The minimum absolute atomic E-state index is 0.128. The van der Waals surface area contributed by atoms with Crippen molar-refractivity contribution in [3.8, 4) is 5.88 Å². The van der Waals surface area contributed by atoms with E-state index in [1.54, 1.807) is 18.2 Å². The zero-order valence-electron chi connectivity index (χ0n) is 15.0. The van der Waals surface area contributed by atoms with Crippen LogP contribution in [-0.4, -0.2) is 35.6 Å². The van der Waals surface area contributed by atoms with E-state index in [1.807, 2.05) is 6.92 Å². The molecule has 0 unspecified atom stereocenters. The summed E-state index contributed by atoms with van der Waals surface area (Å²) in [5, 5.41) is 2.49. The van der Waals surface area contributed by atoms with Crippen LogP contribution in [0.2, 0.25) is 0 Å². The largest absolute Gasteiger partial charge is 0.467 e. The molecule has 0 aliphatic carbocycles. The van der Waals surface area contributed by atoms with Crippen LogP contribution in [0.15, 0.2) is 30.3 Å². The number of ether oxygens (including phenoxy) is 1. The fourth-order valence-electron chi connectivity index (χ4n) is 2.84. The average molecular weight is 358 g/mol. The standard InChI is InChI=1S/C19H23FN4O2/c1-13-7-9-24(10-8-13)19-21-14(2)11-18(23-19)26-12-17(25)22-16-6-4-3-5-15(16)20/h3-6,11,13H,7-10,12H2,1-2H3,(H,22,25). The first-order valence-corrected chi connectivity index (χ1v) is 8.79. The molecule has 0 radical (unpaired) electrons. The molecule has 138 valence electrons. The van der Waals surface area contributed by atoms with Crippen molar-refractivity contribution in [2.24, 2.45) is 5.92 Å². The molecule has 6 nitrogen and oxygen atoms in total. The first-order chi connectivity index (χ1) is 12.5. The lowest BCUT2D eigenvalue weighted by molar-refractivity contribution is -0.118. The van der Waals surface area contributed by atoms with Crippen molar-refractivity contribution in [1.82, 2.24) is 9.97 Å². The predicted octanol–water partition coefficient (Wildman–Crippen LogP) is 3.18. The number of hydrogen-bond donors (Lipinski definition) is 1. The Bertz CT molecular complexity index is 776. The minimum atomic E-state index is -0.486. The smallest absolute Gasteiger partial charge is 0.262 e. The molecule has 1 aromatic carbocycles. The maximum absolute atomic E-state index is 13.6. The molecule has 1 amide bonds. The van der Waals surface area contributed by atoms with Gasteiger partial charge in [0.05, 0.1) is 5.69 Å². The molecule has 1 aromatic heterocycles. The quantitative estimate of drug-likeness (QED) is 0.889. The number of carbonyl (C=O) groups excluding carboxylic acids is 1. The van der Waals surface area contributed by atoms with E-state index in [0.29, 0.717) is 17.7 Å². The van der Waals surface area contributed by atoms with Gasteiger partial charge in [-0.25, -0.2) is 9.37 Å². The lowest BCUT2D eigenvalue weighted by Gasteiger charge is -2.30. The van der Waals surface area contributed by atoms with E-state index in [2.05, 4.69) is 27.1 Å². The molecule has 3 rings (SSSR count). The third-order valence-corrected chi connectivity index (χ3v) is 4.38. The molecule has 7 heteroatoms. The summed E-state index contributed by atoms with van der Waals surface area (Å²) in [6, 6.07) is 7.69. The molecule has 1 saturated heterocycles. The number of hydrogen-bond acceptors (Lipinski definition) is 5. The Morgan fingerprint density at radius 3 is 2.77 bits per heavy atom. The molecular weight excluding hydrogens is 335 g/mol. The lowest BCUT2D eigenvalue weighted by atomic mass is 10.00. The number of halogens is 1. The van der Waals surface area contributed by atoms with Crippen molar-refractivity contribution in [2.75, 3.05) is 29.9 Å². The molecule has 2 heterocycles. The lowest BCUT2D eigenvalue weighted by Crippen LogP contribution is -2.34. The van der Waals surface area contributed by atoms with Crippen LogP contribution >= 0.6 is 0 Å².